The quantitative estimate of drug-likeness (QED) is 0.754. The van der Waals surface area contributed by atoms with Gasteiger partial charge >= 0.3 is 0 Å². The molecular weight excluding hydrogens is 332 g/mol. The first kappa shape index (κ1) is 15.7. The lowest BCUT2D eigenvalue weighted by atomic mass is 10.3. The number of halogens is 1. The molecule has 21 heavy (non-hydrogen) atoms. The van der Waals surface area contributed by atoms with Gasteiger partial charge in [0.15, 0.2) is 0 Å². The van der Waals surface area contributed by atoms with Crippen LogP contribution in [-0.2, 0) is 17.8 Å². The standard InChI is InChI=1S/C15H19BrN4O/c1-2-17-8-7-12-9-20(11-18-12)10-15(21)19-14-6-4-3-5-13(14)16/h3-6,9,11,17H,2,7-8,10H2,1H3,(H,19,21). The number of imidazole rings is 1. The predicted molar refractivity (Wildman–Crippen MR) is 87.2 cm³/mol. The molecule has 0 saturated carbocycles. The number of anilines is 1. The molecule has 2 aromatic rings. The van der Waals surface area contributed by atoms with Crippen LogP contribution in [0.2, 0.25) is 0 Å². The van der Waals surface area contributed by atoms with Crippen molar-refractivity contribution in [3.63, 3.8) is 0 Å². The van der Waals surface area contributed by atoms with Gasteiger partial charge in [-0.25, -0.2) is 4.98 Å². The molecule has 1 heterocycles. The number of benzene rings is 1. The zero-order chi connectivity index (χ0) is 15.1. The largest absolute Gasteiger partial charge is 0.328 e. The third-order valence-corrected chi connectivity index (χ3v) is 3.66. The Hall–Kier alpha value is -1.66. The third-order valence-electron chi connectivity index (χ3n) is 2.97. The molecule has 0 aliphatic heterocycles. The molecule has 5 nitrogen and oxygen atoms in total. The summed E-state index contributed by atoms with van der Waals surface area (Å²) in [5.41, 5.74) is 1.76. The fraction of sp³-hybridized carbons (Fsp3) is 0.333. The van der Waals surface area contributed by atoms with Crippen molar-refractivity contribution in [2.24, 2.45) is 0 Å². The van der Waals surface area contributed by atoms with Gasteiger partial charge < -0.3 is 15.2 Å². The molecule has 0 spiro atoms. The van der Waals surface area contributed by atoms with Gasteiger partial charge in [0.1, 0.15) is 6.54 Å². The van der Waals surface area contributed by atoms with Gasteiger partial charge in [-0.05, 0) is 34.6 Å². The van der Waals surface area contributed by atoms with E-state index >= 15 is 0 Å². The van der Waals surface area contributed by atoms with E-state index in [0.29, 0.717) is 0 Å². The van der Waals surface area contributed by atoms with E-state index < -0.39 is 0 Å². The van der Waals surface area contributed by atoms with Crippen molar-refractivity contribution in [3.05, 3.63) is 47.0 Å². The van der Waals surface area contributed by atoms with E-state index in [1.807, 2.05) is 30.5 Å². The summed E-state index contributed by atoms with van der Waals surface area (Å²) >= 11 is 3.41. The first-order valence-electron chi connectivity index (χ1n) is 6.94. The number of aromatic nitrogens is 2. The lowest BCUT2D eigenvalue weighted by Crippen LogP contribution is -2.18. The fourth-order valence-corrected chi connectivity index (χ4v) is 2.32. The molecule has 0 fully saturated rings. The summed E-state index contributed by atoms with van der Waals surface area (Å²) in [6.45, 7) is 4.19. The second kappa shape index (κ2) is 7.95. The molecule has 0 aliphatic carbocycles. The summed E-state index contributed by atoms with van der Waals surface area (Å²) in [4.78, 5) is 16.3. The summed E-state index contributed by atoms with van der Waals surface area (Å²) in [5.74, 6) is -0.0717. The van der Waals surface area contributed by atoms with Gasteiger partial charge in [0, 0.05) is 23.6 Å². The van der Waals surface area contributed by atoms with E-state index in [1.54, 1.807) is 10.9 Å². The number of amides is 1. The highest BCUT2D eigenvalue weighted by Crippen LogP contribution is 2.21. The minimum Gasteiger partial charge on any atom is -0.328 e. The van der Waals surface area contributed by atoms with Gasteiger partial charge in [0.2, 0.25) is 5.91 Å². The normalized spacial score (nSPS) is 10.6. The number of carbonyl (C=O) groups is 1. The first-order valence-corrected chi connectivity index (χ1v) is 7.74. The highest BCUT2D eigenvalue weighted by Gasteiger charge is 2.07. The Kier molecular flexibility index (Phi) is 5.95. The van der Waals surface area contributed by atoms with Crippen molar-refractivity contribution in [3.8, 4) is 0 Å². The Balaban J connectivity index is 1.87. The maximum absolute atomic E-state index is 12.0. The van der Waals surface area contributed by atoms with Crippen molar-refractivity contribution in [1.29, 1.82) is 0 Å². The summed E-state index contributed by atoms with van der Waals surface area (Å²) in [7, 11) is 0. The number of carbonyl (C=O) groups excluding carboxylic acids is 1. The second-order valence-electron chi connectivity index (χ2n) is 4.67. The Morgan fingerprint density at radius 3 is 2.95 bits per heavy atom. The number of rotatable bonds is 7. The number of nitrogens with zero attached hydrogens (tertiary/aromatic N) is 2. The van der Waals surface area contributed by atoms with E-state index in [-0.39, 0.29) is 12.5 Å². The van der Waals surface area contributed by atoms with E-state index in [9.17, 15) is 4.79 Å². The predicted octanol–water partition coefficient (Wildman–Crippen LogP) is 2.44. The maximum atomic E-state index is 12.0. The Bertz CT molecular complexity index is 597. The average Bonchev–Trinajstić information content (AvgIpc) is 2.89. The Morgan fingerprint density at radius 1 is 1.38 bits per heavy atom. The molecule has 1 aromatic heterocycles. The summed E-state index contributed by atoms with van der Waals surface area (Å²) < 4.78 is 2.67. The van der Waals surface area contributed by atoms with Crippen LogP contribution in [0.5, 0.6) is 0 Å². The summed E-state index contributed by atoms with van der Waals surface area (Å²) in [5, 5.41) is 6.13. The van der Waals surface area contributed by atoms with Crippen molar-refractivity contribution >= 4 is 27.5 Å². The smallest absolute Gasteiger partial charge is 0.244 e. The Morgan fingerprint density at radius 2 is 2.19 bits per heavy atom. The lowest BCUT2D eigenvalue weighted by Gasteiger charge is -2.07. The molecule has 6 heteroatoms. The average molecular weight is 351 g/mol. The summed E-state index contributed by atoms with van der Waals surface area (Å²) in [6, 6.07) is 7.55. The van der Waals surface area contributed by atoms with Crippen LogP contribution in [-0.4, -0.2) is 28.5 Å². The van der Waals surface area contributed by atoms with Crippen molar-refractivity contribution in [2.45, 2.75) is 19.9 Å². The number of nitrogens with one attached hydrogen (secondary N) is 2. The van der Waals surface area contributed by atoms with Crippen LogP contribution in [0.25, 0.3) is 0 Å². The van der Waals surface area contributed by atoms with Crippen molar-refractivity contribution in [1.82, 2.24) is 14.9 Å². The van der Waals surface area contributed by atoms with Gasteiger partial charge in [0.25, 0.3) is 0 Å². The number of para-hydroxylation sites is 1. The van der Waals surface area contributed by atoms with E-state index in [0.717, 1.165) is 35.4 Å². The molecule has 1 aromatic carbocycles. The third kappa shape index (κ3) is 4.99. The van der Waals surface area contributed by atoms with Gasteiger partial charge in [0.05, 0.1) is 17.7 Å². The minimum atomic E-state index is -0.0717. The van der Waals surface area contributed by atoms with Crippen molar-refractivity contribution in [2.75, 3.05) is 18.4 Å². The lowest BCUT2D eigenvalue weighted by molar-refractivity contribution is -0.116. The highest BCUT2D eigenvalue weighted by atomic mass is 79.9. The van der Waals surface area contributed by atoms with Crippen LogP contribution >= 0.6 is 15.9 Å². The van der Waals surface area contributed by atoms with E-state index in [1.165, 1.54) is 0 Å². The van der Waals surface area contributed by atoms with E-state index in [4.69, 9.17) is 0 Å². The molecular formula is C15H19BrN4O. The monoisotopic (exact) mass is 350 g/mol. The van der Waals surface area contributed by atoms with Crippen LogP contribution < -0.4 is 10.6 Å². The molecule has 0 saturated heterocycles. The van der Waals surface area contributed by atoms with E-state index in [2.05, 4.69) is 38.5 Å². The van der Waals surface area contributed by atoms with Gasteiger partial charge in [-0.15, -0.1) is 0 Å². The second-order valence-corrected chi connectivity index (χ2v) is 5.52. The number of likely N-dealkylation sites (N-methyl/N-ethyl adjacent to an activating group) is 1. The van der Waals surface area contributed by atoms with Crippen molar-refractivity contribution < 1.29 is 4.79 Å². The molecule has 112 valence electrons. The zero-order valence-corrected chi connectivity index (χ0v) is 13.6. The summed E-state index contributed by atoms with van der Waals surface area (Å²) in [6.07, 6.45) is 4.48. The molecule has 2 N–H and O–H groups in total. The first-order chi connectivity index (χ1) is 10.2. The highest BCUT2D eigenvalue weighted by molar-refractivity contribution is 9.10. The van der Waals surface area contributed by atoms with Crippen LogP contribution in [0.1, 0.15) is 12.6 Å². The van der Waals surface area contributed by atoms with Gasteiger partial charge in [-0.2, -0.15) is 0 Å². The van der Waals surface area contributed by atoms with Crippen LogP contribution in [0.3, 0.4) is 0 Å². The zero-order valence-electron chi connectivity index (χ0n) is 12.0. The molecule has 0 unspecified atom stereocenters. The van der Waals surface area contributed by atoms with Crippen LogP contribution in [0.15, 0.2) is 41.3 Å². The Labute approximate surface area is 132 Å². The van der Waals surface area contributed by atoms with Crippen LogP contribution in [0, 0.1) is 0 Å². The van der Waals surface area contributed by atoms with Gasteiger partial charge in [-0.3, -0.25) is 4.79 Å². The number of hydrogen-bond acceptors (Lipinski definition) is 3. The van der Waals surface area contributed by atoms with Crippen LogP contribution in [0.4, 0.5) is 5.69 Å². The molecule has 0 atom stereocenters. The molecule has 2 rings (SSSR count). The minimum absolute atomic E-state index is 0.0717. The topological polar surface area (TPSA) is 59.0 Å². The maximum Gasteiger partial charge on any atom is 0.244 e. The SMILES string of the molecule is CCNCCc1cn(CC(=O)Nc2ccccc2Br)cn1. The molecule has 1 amide bonds. The fourth-order valence-electron chi connectivity index (χ4n) is 1.93. The molecule has 0 bridgehead atoms. The van der Waals surface area contributed by atoms with Gasteiger partial charge in [-0.1, -0.05) is 19.1 Å². The number of hydrogen-bond donors (Lipinski definition) is 2. The molecule has 0 radical (unpaired) electrons. The molecule has 0 aliphatic rings.